The van der Waals surface area contributed by atoms with Gasteiger partial charge in [0.1, 0.15) is 0 Å². The fourth-order valence-corrected chi connectivity index (χ4v) is 3.16. The number of hydrogen-bond acceptors (Lipinski definition) is 1. The predicted octanol–water partition coefficient (Wildman–Crippen LogP) is 5.37. The van der Waals surface area contributed by atoms with Crippen LogP contribution in [0.2, 0.25) is 0 Å². The zero-order valence-corrected chi connectivity index (χ0v) is 15.2. The van der Waals surface area contributed by atoms with Gasteiger partial charge in [0, 0.05) is 5.70 Å². The van der Waals surface area contributed by atoms with E-state index in [1.807, 2.05) is 54.6 Å². The van der Waals surface area contributed by atoms with Gasteiger partial charge in [-0.05, 0) is 35.6 Å². The van der Waals surface area contributed by atoms with E-state index in [-0.39, 0.29) is 0 Å². The summed E-state index contributed by atoms with van der Waals surface area (Å²) in [6.45, 7) is 0.377. The third kappa shape index (κ3) is 3.94. The summed E-state index contributed by atoms with van der Waals surface area (Å²) >= 11 is 17.6. The van der Waals surface area contributed by atoms with Crippen molar-refractivity contribution in [1.29, 1.82) is 0 Å². The molecule has 0 heterocycles. The van der Waals surface area contributed by atoms with Gasteiger partial charge in [0.15, 0.2) is 0 Å². The SMILES string of the molecule is O=C(N(Cc1ccccc1)C1=Cc2ccccc2CC1)C(Cl)(Cl)Cl. The first-order chi connectivity index (χ1) is 11.4. The predicted molar refractivity (Wildman–Crippen MR) is 100 cm³/mol. The summed E-state index contributed by atoms with van der Waals surface area (Å²) in [6.07, 6.45) is 3.60. The molecule has 3 rings (SSSR count). The summed E-state index contributed by atoms with van der Waals surface area (Å²) in [4.78, 5) is 14.3. The Balaban J connectivity index is 1.96. The molecule has 0 saturated carbocycles. The van der Waals surface area contributed by atoms with Crippen LogP contribution < -0.4 is 0 Å². The van der Waals surface area contributed by atoms with Gasteiger partial charge in [0.2, 0.25) is 0 Å². The lowest BCUT2D eigenvalue weighted by molar-refractivity contribution is -0.128. The minimum Gasteiger partial charge on any atom is -0.308 e. The van der Waals surface area contributed by atoms with Crippen molar-refractivity contribution in [2.24, 2.45) is 0 Å². The highest BCUT2D eigenvalue weighted by Gasteiger charge is 2.37. The summed E-state index contributed by atoms with van der Waals surface area (Å²) in [7, 11) is 0. The molecule has 0 saturated heterocycles. The molecule has 0 radical (unpaired) electrons. The highest BCUT2D eigenvalue weighted by molar-refractivity contribution is 6.76. The van der Waals surface area contributed by atoms with Crippen molar-refractivity contribution in [1.82, 2.24) is 4.90 Å². The number of rotatable bonds is 3. The number of alkyl halides is 3. The van der Waals surface area contributed by atoms with Crippen LogP contribution in [0.1, 0.15) is 23.1 Å². The van der Waals surface area contributed by atoms with Crippen LogP contribution in [-0.2, 0) is 17.8 Å². The number of amides is 1. The summed E-state index contributed by atoms with van der Waals surface area (Å²) in [5.41, 5.74) is 4.23. The van der Waals surface area contributed by atoms with Gasteiger partial charge in [-0.25, -0.2) is 0 Å². The Bertz CT molecular complexity index is 766. The first-order valence-electron chi connectivity index (χ1n) is 7.66. The highest BCUT2D eigenvalue weighted by atomic mass is 35.6. The molecule has 0 spiro atoms. The molecule has 1 aliphatic rings. The third-order valence-corrected chi connectivity index (χ3v) is 4.53. The van der Waals surface area contributed by atoms with Gasteiger partial charge in [-0.1, -0.05) is 89.4 Å². The Labute approximate surface area is 156 Å². The molecule has 2 aromatic rings. The van der Waals surface area contributed by atoms with Gasteiger partial charge in [-0.2, -0.15) is 0 Å². The van der Waals surface area contributed by atoms with Crippen molar-refractivity contribution in [2.45, 2.75) is 23.2 Å². The van der Waals surface area contributed by atoms with E-state index >= 15 is 0 Å². The van der Waals surface area contributed by atoms with Crippen molar-refractivity contribution < 1.29 is 4.79 Å². The molecule has 0 N–H and O–H groups in total. The van der Waals surface area contributed by atoms with E-state index < -0.39 is 9.70 Å². The first kappa shape index (κ1) is 17.3. The lowest BCUT2D eigenvalue weighted by Gasteiger charge is -2.30. The van der Waals surface area contributed by atoms with Crippen LogP contribution in [0.15, 0.2) is 60.3 Å². The van der Waals surface area contributed by atoms with Crippen LogP contribution >= 0.6 is 34.8 Å². The maximum atomic E-state index is 12.7. The largest absolute Gasteiger partial charge is 0.308 e. The van der Waals surface area contributed by atoms with Gasteiger partial charge in [0.25, 0.3) is 9.70 Å². The Kier molecular flexibility index (Phi) is 5.19. The second-order valence-corrected chi connectivity index (χ2v) is 7.99. The van der Waals surface area contributed by atoms with E-state index in [1.54, 1.807) is 4.90 Å². The summed E-state index contributed by atoms with van der Waals surface area (Å²) in [5, 5.41) is 0. The van der Waals surface area contributed by atoms with Gasteiger partial charge >= 0.3 is 0 Å². The Morgan fingerprint density at radius 2 is 1.62 bits per heavy atom. The Morgan fingerprint density at radius 1 is 0.958 bits per heavy atom. The topological polar surface area (TPSA) is 20.3 Å². The second kappa shape index (κ2) is 7.18. The minimum absolute atomic E-state index is 0.377. The number of fused-ring (bicyclic) bond motifs is 1. The normalized spacial score (nSPS) is 13.9. The van der Waals surface area contributed by atoms with Crippen LogP contribution in [0, 0.1) is 0 Å². The smallest absolute Gasteiger partial charge is 0.279 e. The van der Waals surface area contributed by atoms with Crippen molar-refractivity contribution in [3.8, 4) is 0 Å². The van der Waals surface area contributed by atoms with E-state index in [0.29, 0.717) is 6.54 Å². The standard InChI is InChI=1S/C19H16Cl3NO/c20-19(21,22)18(24)23(13-14-6-2-1-3-7-14)17-11-10-15-8-4-5-9-16(15)12-17/h1-9,12H,10-11,13H2. The molecule has 0 fully saturated rings. The van der Waals surface area contributed by atoms with Gasteiger partial charge < -0.3 is 4.90 Å². The number of benzene rings is 2. The molecule has 0 aromatic heterocycles. The average Bonchev–Trinajstić information content (AvgIpc) is 2.59. The van der Waals surface area contributed by atoms with E-state index in [1.165, 1.54) is 5.56 Å². The number of carbonyl (C=O) groups is 1. The number of carbonyl (C=O) groups excluding carboxylic acids is 1. The molecule has 0 unspecified atom stereocenters. The van der Waals surface area contributed by atoms with E-state index in [0.717, 1.165) is 29.7 Å². The number of aryl methyl sites for hydroxylation is 1. The summed E-state index contributed by atoms with van der Waals surface area (Å²) < 4.78 is -1.98. The molecule has 124 valence electrons. The van der Waals surface area contributed by atoms with Crippen molar-refractivity contribution in [2.75, 3.05) is 0 Å². The van der Waals surface area contributed by atoms with E-state index in [9.17, 15) is 4.79 Å². The number of halogens is 3. The molecule has 1 amide bonds. The fourth-order valence-electron chi connectivity index (χ4n) is 2.85. The van der Waals surface area contributed by atoms with E-state index in [2.05, 4.69) is 6.07 Å². The van der Waals surface area contributed by atoms with Gasteiger partial charge in [-0.3, -0.25) is 4.79 Å². The maximum Gasteiger partial charge on any atom is 0.279 e. The van der Waals surface area contributed by atoms with Crippen LogP contribution in [0.25, 0.3) is 6.08 Å². The maximum absolute atomic E-state index is 12.7. The minimum atomic E-state index is -1.98. The number of allylic oxidation sites excluding steroid dienone is 1. The average molecular weight is 381 g/mol. The van der Waals surface area contributed by atoms with E-state index in [4.69, 9.17) is 34.8 Å². The molecular weight excluding hydrogens is 365 g/mol. The third-order valence-electron chi connectivity index (χ3n) is 4.05. The summed E-state index contributed by atoms with van der Waals surface area (Å²) in [6, 6.07) is 17.8. The Hall–Kier alpha value is -1.48. The lowest BCUT2D eigenvalue weighted by atomic mass is 9.94. The highest BCUT2D eigenvalue weighted by Crippen LogP contribution is 2.34. The fraction of sp³-hybridized carbons (Fsp3) is 0.211. The van der Waals surface area contributed by atoms with Crippen LogP contribution in [-0.4, -0.2) is 14.6 Å². The van der Waals surface area contributed by atoms with Crippen LogP contribution in [0.5, 0.6) is 0 Å². The Morgan fingerprint density at radius 3 is 2.33 bits per heavy atom. The zero-order valence-electron chi connectivity index (χ0n) is 12.9. The molecule has 5 heteroatoms. The molecule has 0 atom stereocenters. The molecule has 0 bridgehead atoms. The van der Waals surface area contributed by atoms with Gasteiger partial charge in [0.05, 0.1) is 6.54 Å². The first-order valence-corrected chi connectivity index (χ1v) is 8.79. The van der Waals surface area contributed by atoms with Crippen LogP contribution in [0.4, 0.5) is 0 Å². The molecular formula is C19H16Cl3NO. The molecule has 2 nitrogen and oxygen atoms in total. The van der Waals surface area contributed by atoms with Gasteiger partial charge in [-0.15, -0.1) is 0 Å². The molecule has 24 heavy (non-hydrogen) atoms. The molecule has 1 aliphatic carbocycles. The van der Waals surface area contributed by atoms with Crippen molar-refractivity contribution in [3.63, 3.8) is 0 Å². The molecule has 0 aliphatic heterocycles. The summed E-state index contributed by atoms with van der Waals surface area (Å²) in [5.74, 6) is -0.526. The second-order valence-electron chi connectivity index (χ2n) is 5.71. The van der Waals surface area contributed by atoms with Crippen LogP contribution in [0.3, 0.4) is 0 Å². The number of hydrogen-bond donors (Lipinski definition) is 0. The zero-order chi connectivity index (χ0) is 17.2. The van der Waals surface area contributed by atoms with Crippen molar-refractivity contribution in [3.05, 3.63) is 77.0 Å². The quantitative estimate of drug-likeness (QED) is 0.655. The van der Waals surface area contributed by atoms with Crippen molar-refractivity contribution >= 4 is 46.8 Å². The monoisotopic (exact) mass is 379 g/mol. The molecule has 2 aromatic carbocycles. The lowest BCUT2D eigenvalue weighted by Crippen LogP contribution is -2.38. The number of nitrogens with zero attached hydrogens (tertiary/aromatic N) is 1.